The number of hydrogen-bond acceptors (Lipinski definition) is 6. The lowest BCUT2D eigenvalue weighted by molar-refractivity contribution is -0.127. The molecule has 1 aromatic heterocycles. The highest BCUT2D eigenvalue weighted by Crippen LogP contribution is 2.22. The fourth-order valence-corrected chi connectivity index (χ4v) is 5.68. The number of aryl methyl sites for hydroxylation is 1. The summed E-state index contributed by atoms with van der Waals surface area (Å²) in [5, 5.41) is 7.35. The summed E-state index contributed by atoms with van der Waals surface area (Å²) in [7, 11) is 0. The van der Waals surface area contributed by atoms with Gasteiger partial charge < -0.3 is 9.84 Å². The van der Waals surface area contributed by atoms with E-state index in [4.69, 9.17) is 4.52 Å². The van der Waals surface area contributed by atoms with Crippen molar-refractivity contribution in [1.29, 1.82) is 0 Å². The molecule has 0 aliphatic carbocycles. The molecule has 2 unspecified atom stereocenters. The Bertz CT molecular complexity index is 1190. The van der Waals surface area contributed by atoms with Gasteiger partial charge in [-0.15, -0.1) is 0 Å². The number of hydrogen-bond donors (Lipinski definition) is 1. The predicted molar refractivity (Wildman–Crippen MR) is 144 cm³/mol. The predicted octanol–water partition coefficient (Wildman–Crippen LogP) is 4.81. The molecule has 0 radical (unpaired) electrons. The summed E-state index contributed by atoms with van der Waals surface area (Å²) >= 11 is 0. The summed E-state index contributed by atoms with van der Waals surface area (Å²) in [5.74, 6) is 2.10. The van der Waals surface area contributed by atoms with Gasteiger partial charge in [-0.25, -0.2) is 0 Å². The minimum absolute atomic E-state index is 0.0223. The summed E-state index contributed by atoms with van der Waals surface area (Å²) in [6.45, 7) is 10.5. The number of rotatable bonds is 8. The van der Waals surface area contributed by atoms with Crippen molar-refractivity contribution < 1.29 is 9.32 Å². The Balaban J connectivity index is 1.11. The van der Waals surface area contributed by atoms with E-state index in [0.29, 0.717) is 31.3 Å². The number of benzene rings is 2. The van der Waals surface area contributed by atoms with Crippen LogP contribution in [0.5, 0.6) is 0 Å². The highest BCUT2D eigenvalue weighted by molar-refractivity contribution is 5.79. The van der Waals surface area contributed by atoms with Crippen molar-refractivity contribution in [3.05, 3.63) is 71.1 Å². The summed E-state index contributed by atoms with van der Waals surface area (Å²) in [6.07, 6.45) is 4.52. The van der Waals surface area contributed by atoms with Gasteiger partial charge in [0.1, 0.15) is 0 Å². The first-order chi connectivity index (χ1) is 18.0. The molecule has 7 nitrogen and oxygen atoms in total. The number of piperidine rings is 2. The van der Waals surface area contributed by atoms with Crippen molar-refractivity contribution in [3.8, 4) is 11.4 Å². The molecule has 0 bridgehead atoms. The Kier molecular flexibility index (Phi) is 8.31. The zero-order chi connectivity index (χ0) is 25.6. The van der Waals surface area contributed by atoms with E-state index in [1.807, 2.05) is 12.1 Å². The van der Waals surface area contributed by atoms with Crippen LogP contribution in [0.2, 0.25) is 0 Å². The van der Waals surface area contributed by atoms with Crippen LogP contribution in [0.3, 0.4) is 0 Å². The highest BCUT2D eigenvalue weighted by Gasteiger charge is 2.27. The lowest BCUT2D eigenvalue weighted by atomic mass is 9.97. The van der Waals surface area contributed by atoms with Crippen molar-refractivity contribution >= 4 is 5.91 Å². The quantitative estimate of drug-likeness (QED) is 0.478. The third-order valence-corrected chi connectivity index (χ3v) is 7.58. The number of aromatic nitrogens is 2. The van der Waals surface area contributed by atoms with Crippen molar-refractivity contribution in [2.45, 2.75) is 59.2 Å². The van der Waals surface area contributed by atoms with Gasteiger partial charge in [-0.1, -0.05) is 60.1 Å². The fraction of sp³-hybridized carbons (Fsp3) is 0.500. The van der Waals surface area contributed by atoms with Crippen LogP contribution in [-0.4, -0.2) is 52.0 Å². The van der Waals surface area contributed by atoms with E-state index in [9.17, 15) is 4.79 Å². The van der Waals surface area contributed by atoms with Gasteiger partial charge in [0.05, 0.1) is 12.5 Å². The first kappa shape index (κ1) is 25.6. The van der Waals surface area contributed by atoms with E-state index >= 15 is 0 Å². The van der Waals surface area contributed by atoms with E-state index in [-0.39, 0.29) is 11.8 Å². The smallest absolute Gasteiger partial charge is 0.241 e. The molecule has 0 saturated carbocycles. The van der Waals surface area contributed by atoms with Gasteiger partial charge in [-0.3, -0.25) is 14.6 Å². The van der Waals surface area contributed by atoms with Crippen molar-refractivity contribution in [2.75, 3.05) is 26.2 Å². The van der Waals surface area contributed by atoms with Gasteiger partial charge in [-0.2, -0.15) is 4.98 Å². The molecule has 3 aromatic rings. The zero-order valence-corrected chi connectivity index (χ0v) is 22.2. The first-order valence-electron chi connectivity index (χ1n) is 13.7. The van der Waals surface area contributed by atoms with Crippen molar-refractivity contribution in [3.63, 3.8) is 0 Å². The number of amides is 1. The molecule has 2 aromatic carbocycles. The van der Waals surface area contributed by atoms with Crippen LogP contribution >= 0.6 is 0 Å². The number of likely N-dealkylation sites (tertiary alicyclic amines) is 2. The van der Waals surface area contributed by atoms with Gasteiger partial charge in [0, 0.05) is 31.7 Å². The summed E-state index contributed by atoms with van der Waals surface area (Å²) in [6, 6.07) is 16.8. The van der Waals surface area contributed by atoms with Crippen LogP contribution in [0.1, 0.15) is 55.2 Å². The molecular weight excluding hydrogens is 462 g/mol. The maximum atomic E-state index is 13.0. The average Bonchev–Trinajstić information content (AvgIpc) is 3.36. The number of nitrogens with one attached hydrogen (secondary N) is 1. The first-order valence-corrected chi connectivity index (χ1v) is 13.7. The lowest BCUT2D eigenvalue weighted by Crippen LogP contribution is -2.42. The van der Waals surface area contributed by atoms with Crippen LogP contribution in [0.25, 0.3) is 11.4 Å². The van der Waals surface area contributed by atoms with Crippen LogP contribution in [-0.2, 0) is 24.4 Å². The van der Waals surface area contributed by atoms with Crippen LogP contribution in [0, 0.1) is 18.8 Å². The Morgan fingerprint density at radius 1 is 1.00 bits per heavy atom. The van der Waals surface area contributed by atoms with Gasteiger partial charge in [0.15, 0.2) is 0 Å². The second-order valence-electron chi connectivity index (χ2n) is 11.0. The average molecular weight is 502 g/mol. The molecule has 1 N–H and O–H groups in total. The molecule has 0 spiro atoms. The highest BCUT2D eigenvalue weighted by atomic mass is 16.5. The second-order valence-corrected chi connectivity index (χ2v) is 11.0. The number of nitrogens with zero attached hydrogens (tertiary/aromatic N) is 4. The topological polar surface area (TPSA) is 74.5 Å². The van der Waals surface area contributed by atoms with Crippen molar-refractivity contribution in [2.24, 2.45) is 11.8 Å². The summed E-state index contributed by atoms with van der Waals surface area (Å²) < 4.78 is 5.53. The van der Waals surface area contributed by atoms with E-state index in [1.54, 1.807) is 0 Å². The SMILES string of the molecule is Cc1cccc(-c2noc(CN3CCCC(C(=O)NCc4cccc(CN5CCCC(C)C5)c4)C3)n2)c1. The number of carbonyl (C=O) groups excluding carboxylic acids is 1. The molecule has 2 aliphatic rings. The zero-order valence-electron chi connectivity index (χ0n) is 22.2. The van der Waals surface area contributed by atoms with E-state index in [0.717, 1.165) is 48.5 Å². The van der Waals surface area contributed by atoms with Crippen LogP contribution in [0.15, 0.2) is 53.1 Å². The number of carbonyl (C=O) groups is 1. The molecule has 7 heteroatoms. The Morgan fingerprint density at radius 2 is 1.78 bits per heavy atom. The molecular formula is C30H39N5O2. The van der Waals surface area contributed by atoms with Crippen molar-refractivity contribution in [1.82, 2.24) is 25.3 Å². The second kappa shape index (κ2) is 12.0. The van der Waals surface area contributed by atoms with Gasteiger partial charge in [0.2, 0.25) is 17.6 Å². The molecule has 3 heterocycles. The third kappa shape index (κ3) is 7.05. The fourth-order valence-electron chi connectivity index (χ4n) is 5.68. The largest absolute Gasteiger partial charge is 0.352 e. The minimum Gasteiger partial charge on any atom is -0.352 e. The monoisotopic (exact) mass is 501 g/mol. The van der Waals surface area contributed by atoms with Gasteiger partial charge in [0.25, 0.3) is 0 Å². The molecule has 2 fully saturated rings. The summed E-state index contributed by atoms with van der Waals surface area (Å²) in [5.41, 5.74) is 4.62. The van der Waals surface area contributed by atoms with Crippen LogP contribution < -0.4 is 5.32 Å². The molecule has 2 saturated heterocycles. The van der Waals surface area contributed by atoms with Gasteiger partial charge in [-0.05, 0) is 68.8 Å². The maximum absolute atomic E-state index is 13.0. The van der Waals surface area contributed by atoms with Gasteiger partial charge >= 0.3 is 0 Å². The summed E-state index contributed by atoms with van der Waals surface area (Å²) in [4.78, 5) is 22.4. The molecule has 37 heavy (non-hydrogen) atoms. The normalized spacial score (nSPS) is 21.1. The molecule has 1 amide bonds. The van der Waals surface area contributed by atoms with Crippen LogP contribution in [0.4, 0.5) is 0 Å². The van der Waals surface area contributed by atoms with E-state index < -0.39 is 0 Å². The third-order valence-electron chi connectivity index (χ3n) is 7.58. The minimum atomic E-state index is -0.0223. The molecule has 196 valence electrons. The Morgan fingerprint density at radius 3 is 2.62 bits per heavy atom. The molecule has 2 aliphatic heterocycles. The Hall–Kier alpha value is -3.03. The van der Waals surface area contributed by atoms with E-state index in [2.05, 4.69) is 75.5 Å². The molecule has 5 rings (SSSR count). The lowest BCUT2D eigenvalue weighted by Gasteiger charge is -2.31. The maximum Gasteiger partial charge on any atom is 0.241 e. The van der Waals surface area contributed by atoms with E-state index in [1.165, 1.54) is 31.5 Å². The standard InChI is InChI=1S/C30H39N5O2/c1-22-7-3-11-26(15-22)29-32-28(37-33-29)21-35-14-6-12-27(20-35)30(36)31-17-24-9-4-10-25(16-24)19-34-13-5-8-23(2)18-34/h3-4,7,9-11,15-16,23,27H,5-6,8,12-14,17-21H2,1-2H3,(H,31,36). The molecule has 2 atom stereocenters. The Labute approximate surface area is 220 Å².